The van der Waals surface area contributed by atoms with Crippen LogP contribution in [0, 0.1) is 11.3 Å². The fraction of sp³-hybridized carbons (Fsp3) is 0.800. The van der Waals surface area contributed by atoms with Gasteiger partial charge >= 0.3 is 0 Å². The summed E-state index contributed by atoms with van der Waals surface area (Å²) in [6.45, 7) is 0.444. The Hall–Kier alpha value is -0.590. The SMILES string of the molecule is CNC.CNCC#N. The minimum Gasteiger partial charge on any atom is -0.323 e. The average Bonchev–Trinajstić information content (AvgIpc) is 1.71. The summed E-state index contributed by atoms with van der Waals surface area (Å²) in [5.41, 5.74) is 0. The summed E-state index contributed by atoms with van der Waals surface area (Å²) in [6, 6.07) is 1.91. The van der Waals surface area contributed by atoms with E-state index in [0.29, 0.717) is 6.54 Å². The van der Waals surface area contributed by atoms with Crippen LogP contribution in [0.1, 0.15) is 0 Å². The first-order valence-electron chi connectivity index (χ1n) is 2.43. The van der Waals surface area contributed by atoms with E-state index in [0.717, 1.165) is 0 Å². The fourth-order valence-corrected chi connectivity index (χ4v) is 0.0791. The van der Waals surface area contributed by atoms with Crippen molar-refractivity contribution in [3.8, 4) is 6.07 Å². The number of hydrogen-bond acceptors (Lipinski definition) is 3. The predicted octanol–water partition coefficient (Wildman–Crippen LogP) is -0.435. The third-order valence-electron chi connectivity index (χ3n) is 0.256. The summed E-state index contributed by atoms with van der Waals surface area (Å²) in [5, 5.41) is 13.2. The fourth-order valence-electron chi connectivity index (χ4n) is 0.0791. The molecule has 3 heteroatoms. The Labute approximate surface area is 50.7 Å². The van der Waals surface area contributed by atoms with E-state index in [-0.39, 0.29) is 0 Å². The molecule has 0 radical (unpaired) electrons. The molecule has 8 heavy (non-hydrogen) atoms. The molecule has 0 saturated heterocycles. The molecular formula is C5H13N3. The topological polar surface area (TPSA) is 47.8 Å². The Morgan fingerprint density at radius 2 is 1.75 bits per heavy atom. The lowest BCUT2D eigenvalue weighted by Crippen LogP contribution is -2.03. The van der Waals surface area contributed by atoms with Gasteiger partial charge in [0, 0.05) is 0 Å². The summed E-state index contributed by atoms with van der Waals surface area (Å²) >= 11 is 0. The minimum atomic E-state index is 0.444. The van der Waals surface area contributed by atoms with E-state index in [2.05, 4.69) is 10.6 Å². The van der Waals surface area contributed by atoms with Gasteiger partial charge < -0.3 is 10.6 Å². The molecule has 0 aromatic rings. The van der Waals surface area contributed by atoms with Crippen molar-refractivity contribution in [3.63, 3.8) is 0 Å². The number of rotatable bonds is 1. The number of nitriles is 1. The highest BCUT2D eigenvalue weighted by Gasteiger charge is 1.60. The standard InChI is InChI=1S/C3H6N2.C2H7N/c1-5-3-2-4;1-3-2/h5H,3H2,1H3;3H,1-2H3. The molecule has 0 unspecified atom stereocenters. The second-order valence-corrected chi connectivity index (χ2v) is 1.19. The molecule has 0 aromatic heterocycles. The van der Waals surface area contributed by atoms with E-state index in [1.54, 1.807) is 7.05 Å². The quantitative estimate of drug-likeness (QED) is 0.456. The Morgan fingerprint density at radius 3 is 1.75 bits per heavy atom. The highest BCUT2D eigenvalue weighted by atomic mass is 14.8. The number of hydrogen-bond donors (Lipinski definition) is 2. The van der Waals surface area contributed by atoms with Crippen LogP contribution in [0.2, 0.25) is 0 Å². The van der Waals surface area contributed by atoms with E-state index in [4.69, 9.17) is 5.26 Å². The zero-order valence-corrected chi connectivity index (χ0v) is 5.65. The maximum Gasteiger partial charge on any atom is 0.0838 e. The van der Waals surface area contributed by atoms with Crippen molar-refractivity contribution in [2.45, 2.75) is 0 Å². The molecule has 0 bridgehead atoms. The number of nitrogens with one attached hydrogen (secondary N) is 2. The van der Waals surface area contributed by atoms with Crippen LogP contribution >= 0.6 is 0 Å². The van der Waals surface area contributed by atoms with E-state index in [1.165, 1.54) is 0 Å². The third kappa shape index (κ3) is 52.9. The molecule has 0 atom stereocenters. The van der Waals surface area contributed by atoms with Crippen molar-refractivity contribution >= 4 is 0 Å². The van der Waals surface area contributed by atoms with E-state index in [1.807, 2.05) is 20.2 Å². The minimum absolute atomic E-state index is 0.444. The highest BCUT2D eigenvalue weighted by molar-refractivity contribution is 4.69. The van der Waals surface area contributed by atoms with Gasteiger partial charge in [-0.25, -0.2) is 0 Å². The first-order chi connectivity index (χ1) is 3.83. The van der Waals surface area contributed by atoms with Gasteiger partial charge in [-0.2, -0.15) is 5.26 Å². The van der Waals surface area contributed by atoms with Crippen molar-refractivity contribution < 1.29 is 0 Å². The highest BCUT2D eigenvalue weighted by Crippen LogP contribution is 1.38. The second-order valence-electron chi connectivity index (χ2n) is 1.19. The lowest BCUT2D eigenvalue weighted by atomic mass is 10.7. The Bertz CT molecular complexity index is 55.2. The first-order valence-corrected chi connectivity index (χ1v) is 2.43. The van der Waals surface area contributed by atoms with Gasteiger partial charge in [-0.15, -0.1) is 0 Å². The smallest absolute Gasteiger partial charge is 0.0838 e. The van der Waals surface area contributed by atoms with Crippen molar-refractivity contribution in [1.29, 1.82) is 5.26 Å². The largest absolute Gasteiger partial charge is 0.323 e. The summed E-state index contributed by atoms with van der Waals surface area (Å²) in [7, 11) is 5.49. The first kappa shape index (κ1) is 10.4. The number of nitrogens with zero attached hydrogens (tertiary/aromatic N) is 1. The van der Waals surface area contributed by atoms with Gasteiger partial charge in [0.05, 0.1) is 12.6 Å². The molecule has 0 aliphatic heterocycles. The van der Waals surface area contributed by atoms with Crippen molar-refractivity contribution in [2.75, 3.05) is 27.7 Å². The van der Waals surface area contributed by atoms with Crippen LogP contribution in [-0.4, -0.2) is 27.7 Å². The molecule has 2 N–H and O–H groups in total. The normalized spacial score (nSPS) is 6.25. The molecule has 0 aliphatic rings. The van der Waals surface area contributed by atoms with Gasteiger partial charge in [0.15, 0.2) is 0 Å². The van der Waals surface area contributed by atoms with E-state index >= 15 is 0 Å². The molecular weight excluding hydrogens is 102 g/mol. The van der Waals surface area contributed by atoms with Gasteiger partial charge in [-0.3, -0.25) is 0 Å². The van der Waals surface area contributed by atoms with Gasteiger partial charge in [0.25, 0.3) is 0 Å². The summed E-state index contributed by atoms with van der Waals surface area (Å²) in [5.74, 6) is 0. The monoisotopic (exact) mass is 115 g/mol. The zero-order chi connectivity index (χ0) is 6.83. The summed E-state index contributed by atoms with van der Waals surface area (Å²) < 4.78 is 0. The van der Waals surface area contributed by atoms with Gasteiger partial charge in [-0.1, -0.05) is 0 Å². The summed E-state index contributed by atoms with van der Waals surface area (Å²) in [6.07, 6.45) is 0. The molecule has 0 aliphatic carbocycles. The van der Waals surface area contributed by atoms with Gasteiger partial charge in [0.2, 0.25) is 0 Å². The molecule has 3 nitrogen and oxygen atoms in total. The van der Waals surface area contributed by atoms with Crippen LogP contribution in [0.25, 0.3) is 0 Å². The lowest BCUT2D eigenvalue weighted by molar-refractivity contribution is 0.928. The Kier molecular flexibility index (Phi) is 21.0. The lowest BCUT2D eigenvalue weighted by Gasteiger charge is -1.73. The van der Waals surface area contributed by atoms with Crippen molar-refractivity contribution in [2.24, 2.45) is 0 Å². The van der Waals surface area contributed by atoms with Crippen molar-refractivity contribution in [1.82, 2.24) is 10.6 Å². The van der Waals surface area contributed by atoms with E-state index in [9.17, 15) is 0 Å². The van der Waals surface area contributed by atoms with Crippen LogP contribution in [0.5, 0.6) is 0 Å². The van der Waals surface area contributed by atoms with Gasteiger partial charge in [0.1, 0.15) is 0 Å². The molecule has 0 aromatic carbocycles. The Morgan fingerprint density at radius 1 is 1.38 bits per heavy atom. The second kappa shape index (κ2) is 16.1. The summed E-state index contributed by atoms with van der Waals surface area (Å²) in [4.78, 5) is 0. The van der Waals surface area contributed by atoms with Crippen molar-refractivity contribution in [3.05, 3.63) is 0 Å². The average molecular weight is 115 g/mol. The molecule has 48 valence electrons. The zero-order valence-electron chi connectivity index (χ0n) is 5.65. The van der Waals surface area contributed by atoms with E-state index < -0.39 is 0 Å². The third-order valence-corrected chi connectivity index (χ3v) is 0.256. The van der Waals surface area contributed by atoms with Crippen LogP contribution in [0.15, 0.2) is 0 Å². The van der Waals surface area contributed by atoms with Crippen LogP contribution in [0.4, 0.5) is 0 Å². The molecule has 0 rings (SSSR count). The maximum atomic E-state index is 7.75. The molecule has 0 saturated carbocycles. The Balaban J connectivity index is 0. The van der Waals surface area contributed by atoms with Crippen LogP contribution in [0.3, 0.4) is 0 Å². The van der Waals surface area contributed by atoms with Crippen LogP contribution < -0.4 is 10.6 Å². The predicted molar refractivity (Wildman–Crippen MR) is 34.5 cm³/mol. The van der Waals surface area contributed by atoms with Gasteiger partial charge in [-0.05, 0) is 21.1 Å². The molecule has 0 fully saturated rings. The molecule has 0 spiro atoms. The maximum absolute atomic E-state index is 7.75. The van der Waals surface area contributed by atoms with Crippen LogP contribution in [-0.2, 0) is 0 Å². The molecule has 0 heterocycles. The molecule has 0 amide bonds.